The zero-order valence-electron chi connectivity index (χ0n) is 9.53. The third kappa shape index (κ3) is 3.72. The Labute approximate surface area is 92.4 Å². The van der Waals surface area contributed by atoms with Crippen LogP contribution in [0, 0.1) is 0 Å². The maximum atomic E-state index is 5.63. The third-order valence-electron chi connectivity index (χ3n) is 3.29. The minimum atomic E-state index is 0.791. The van der Waals surface area contributed by atoms with Crippen LogP contribution in [0.5, 0.6) is 0 Å². The van der Waals surface area contributed by atoms with Crippen molar-refractivity contribution in [3.63, 3.8) is 0 Å². The van der Waals surface area contributed by atoms with Gasteiger partial charge in [0.25, 0.3) is 0 Å². The number of rotatable bonds is 6. The fraction of sp³-hybridized carbons (Fsp3) is 1.00. The molecule has 1 heterocycles. The first kappa shape index (κ1) is 11.3. The van der Waals surface area contributed by atoms with E-state index in [1.54, 1.807) is 0 Å². The summed E-state index contributed by atoms with van der Waals surface area (Å²) in [5.41, 5.74) is 5.63. The molecule has 1 saturated heterocycles. The van der Waals surface area contributed by atoms with Gasteiger partial charge < -0.3 is 10.5 Å². The molecule has 4 heteroatoms. The number of hydrogen-bond acceptors (Lipinski definition) is 4. The number of hydrogen-bond donors (Lipinski definition) is 1. The van der Waals surface area contributed by atoms with Crippen LogP contribution >= 0.6 is 0 Å². The quantitative estimate of drug-likeness (QED) is 0.660. The second-order valence-corrected chi connectivity index (χ2v) is 4.51. The summed E-state index contributed by atoms with van der Waals surface area (Å²) in [6, 6.07) is 0.842. The van der Waals surface area contributed by atoms with Gasteiger partial charge in [0.15, 0.2) is 0 Å². The molecule has 0 aromatic rings. The molecule has 0 radical (unpaired) electrons. The molecule has 0 amide bonds. The molecule has 2 fully saturated rings. The van der Waals surface area contributed by atoms with E-state index in [0.29, 0.717) is 0 Å². The van der Waals surface area contributed by atoms with Gasteiger partial charge in [-0.3, -0.25) is 9.80 Å². The molecule has 0 aromatic heterocycles. The third-order valence-corrected chi connectivity index (χ3v) is 3.29. The van der Waals surface area contributed by atoms with Crippen LogP contribution in [0.15, 0.2) is 0 Å². The standard InChI is InChI=1S/C11H23N3O/c12-3-4-14(11-1-2-11)6-5-13-7-9-15-10-8-13/h11H,1-10,12H2. The van der Waals surface area contributed by atoms with Crippen LogP contribution in [0.2, 0.25) is 0 Å². The van der Waals surface area contributed by atoms with Crippen molar-refractivity contribution in [2.75, 3.05) is 52.5 Å². The van der Waals surface area contributed by atoms with E-state index >= 15 is 0 Å². The summed E-state index contributed by atoms with van der Waals surface area (Å²) in [6.45, 7) is 8.22. The molecule has 1 aliphatic heterocycles. The van der Waals surface area contributed by atoms with Crippen LogP contribution in [0.3, 0.4) is 0 Å². The number of ether oxygens (including phenoxy) is 1. The summed E-state index contributed by atoms with van der Waals surface area (Å²) in [4.78, 5) is 5.05. The molecule has 2 rings (SSSR count). The van der Waals surface area contributed by atoms with Crippen molar-refractivity contribution in [2.24, 2.45) is 5.73 Å². The summed E-state index contributed by atoms with van der Waals surface area (Å²) < 4.78 is 5.34. The molecule has 0 bridgehead atoms. The highest BCUT2D eigenvalue weighted by molar-refractivity contribution is 4.85. The van der Waals surface area contributed by atoms with Crippen molar-refractivity contribution in [3.8, 4) is 0 Å². The highest BCUT2D eigenvalue weighted by Crippen LogP contribution is 2.26. The van der Waals surface area contributed by atoms with Gasteiger partial charge in [-0.1, -0.05) is 0 Å². The highest BCUT2D eigenvalue weighted by atomic mass is 16.5. The molecule has 2 aliphatic rings. The number of nitrogens with two attached hydrogens (primary N) is 1. The molecule has 1 saturated carbocycles. The Bertz CT molecular complexity index is 179. The van der Waals surface area contributed by atoms with E-state index in [9.17, 15) is 0 Å². The molecule has 4 nitrogen and oxygen atoms in total. The molecule has 0 unspecified atom stereocenters. The zero-order valence-corrected chi connectivity index (χ0v) is 9.53. The lowest BCUT2D eigenvalue weighted by Crippen LogP contribution is -2.43. The Kier molecular flexibility index (Phi) is 4.38. The summed E-state index contributed by atoms with van der Waals surface area (Å²) in [5, 5.41) is 0. The van der Waals surface area contributed by atoms with Crippen LogP contribution in [-0.4, -0.2) is 68.3 Å². The number of morpholine rings is 1. The van der Waals surface area contributed by atoms with Gasteiger partial charge in [0.05, 0.1) is 13.2 Å². The maximum absolute atomic E-state index is 5.63. The first-order valence-electron chi connectivity index (χ1n) is 6.14. The Morgan fingerprint density at radius 3 is 2.53 bits per heavy atom. The van der Waals surface area contributed by atoms with E-state index < -0.39 is 0 Å². The van der Waals surface area contributed by atoms with Crippen molar-refractivity contribution < 1.29 is 4.74 Å². The summed E-state index contributed by atoms with van der Waals surface area (Å²) >= 11 is 0. The van der Waals surface area contributed by atoms with Crippen LogP contribution in [0.4, 0.5) is 0 Å². The van der Waals surface area contributed by atoms with Crippen molar-refractivity contribution >= 4 is 0 Å². The van der Waals surface area contributed by atoms with E-state index in [-0.39, 0.29) is 0 Å². The molecule has 88 valence electrons. The Morgan fingerprint density at radius 2 is 1.93 bits per heavy atom. The fourth-order valence-electron chi connectivity index (χ4n) is 2.18. The molecular weight excluding hydrogens is 190 g/mol. The Balaban J connectivity index is 1.65. The van der Waals surface area contributed by atoms with Gasteiger partial charge in [0.2, 0.25) is 0 Å². The van der Waals surface area contributed by atoms with Crippen molar-refractivity contribution in [3.05, 3.63) is 0 Å². The summed E-state index contributed by atoms with van der Waals surface area (Å²) in [6.07, 6.45) is 2.76. The average molecular weight is 213 g/mol. The fourth-order valence-corrected chi connectivity index (χ4v) is 2.18. The highest BCUT2D eigenvalue weighted by Gasteiger charge is 2.28. The molecule has 15 heavy (non-hydrogen) atoms. The Hall–Kier alpha value is -0.160. The van der Waals surface area contributed by atoms with Crippen molar-refractivity contribution in [2.45, 2.75) is 18.9 Å². The number of nitrogens with zero attached hydrogens (tertiary/aromatic N) is 2. The lowest BCUT2D eigenvalue weighted by Gasteiger charge is -2.29. The first-order valence-corrected chi connectivity index (χ1v) is 6.14. The molecule has 0 atom stereocenters. The lowest BCUT2D eigenvalue weighted by atomic mass is 10.3. The van der Waals surface area contributed by atoms with E-state index in [4.69, 9.17) is 10.5 Å². The second-order valence-electron chi connectivity index (χ2n) is 4.51. The van der Waals surface area contributed by atoms with Crippen LogP contribution in [0.1, 0.15) is 12.8 Å². The SMILES string of the molecule is NCCN(CCN1CCOCC1)C1CC1. The molecule has 2 N–H and O–H groups in total. The molecule has 0 spiro atoms. The monoisotopic (exact) mass is 213 g/mol. The minimum Gasteiger partial charge on any atom is -0.379 e. The van der Waals surface area contributed by atoms with Crippen molar-refractivity contribution in [1.29, 1.82) is 0 Å². The van der Waals surface area contributed by atoms with Gasteiger partial charge in [0, 0.05) is 45.3 Å². The minimum absolute atomic E-state index is 0.791. The average Bonchev–Trinajstić information content (AvgIpc) is 3.09. The molecule has 1 aliphatic carbocycles. The maximum Gasteiger partial charge on any atom is 0.0594 e. The van der Waals surface area contributed by atoms with Gasteiger partial charge in [-0.05, 0) is 12.8 Å². The van der Waals surface area contributed by atoms with Gasteiger partial charge in [-0.15, -0.1) is 0 Å². The van der Waals surface area contributed by atoms with E-state index in [1.807, 2.05) is 0 Å². The van der Waals surface area contributed by atoms with Crippen LogP contribution in [0.25, 0.3) is 0 Å². The predicted molar refractivity (Wildman–Crippen MR) is 60.9 cm³/mol. The summed E-state index contributed by atoms with van der Waals surface area (Å²) in [5.74, 6) is 0. The molecule has 0 aromatic carbocycles. The largest absolute Gasteiger partial charge is 0.379 e. The first-order chi connectivity index (χ1) is 7.40. The van der Waals surface area contributed by atoms with Gasteiger partial charge >= 0.3 is 0 Å². The second kappa shape index (κ2) is 5.80. The Morgan fingerprint density at radius 1 is 1.20 bits per heavy atom. The van der Waals surface area contributed by atoms with Crippen LogP contribution < -0.4 is 5.73 Å². The van der Waals surface area contributed by atoms with E-state index in [0.717, 1.165) is 45.4 Å². The van der Waals surface area contributed by atoms with Gasteiger partial charge in [0.1, 0.15) is 0 Å². The topological polar surface area (TPSA) is 41.7 Å². The molecular formula is C11H23N3O. The van der Waals surface area contributed by atoms with Gasteiger partial charge in [-0.25, -0.2) is 0 Å². The van der Waals surface area contributed by atoms with Gasteiger partial charge in [-0.2, -0.15) is 0 Å². The van der Waals surface area contributed by atoms with E-state index in [2.05, 4.69) is 9.80 Å². The van der Waals surface area contributed by atoms with Crippen molar-refractivity contribution in [1.82, 2.24) is 9.80 Å². The predicted octanol–water partition coefficient (Wildman–Crippen LogP) is -0.258. The normalized spacial score (nSPS) is 23.6. The lowest BCUT2D eigenvalue weighted by molar-refractivity contribution is 0.0331. The van der Waals surface area contributed by atoms with Crippen LogP contribution in [-0.2, 0) is 4.74 Å². The summed E-state index contributed by atoms with van der Waals surface area (Å²) in [7, 11) is 0. The zero-order chi connectivity index (χ0) is 10.5. The smallest absolute Gasteiger partial charge is 0.0594 e. The van der Waals surface area contributed by atoms with E-state index in [1.165, 1.54) is 25.9 Å².